The van der Waals surface area contributed by atoms with Crippen LogP contribution in [0.15, 0.2) is 72.0 Å². The standard InChI is InChI=1S/C23H24N6OS/c1-4-29-22(19-15-27(2)26-21(19)17-11-7-5-8-12-17)24-25-23(29)31-16-20(30)28(3)18-13-9-6-10-14-18/h5-15H,4,16H2,1-3H3. The van der Waals surface area contributed by atoms with Crippen LogP contribution >= 0.6 is 11.8 Å². The monoisotopic (exact) mass is 432 g/mol. The second-order valence-corrected chi connectivity index (χ2v) is 8.00. The molecule has 0 saturated heterocycles. The highest BCUT2D eigenvalue weighted by atomic mass is 32.2. The Labute approximate surface area is 185 Å². The van der Waals surface area contributed by atoms with Gasteiger partial charge in [0.15, 0.2) is 11.0 Å². The van der Waals surface area contributed by atoms with Crippen molar-refractivity contribution in [3.63, 3.8) is 0 Å². The van der Waals surface area contributed by atoms with E-state index in [2.05, 4.69) is 15.3 Å². The maximum Gasteiger partial charge on any atom is 0.237 e. The maximum absolute atomic E-state index is 12.7. The molecular weight excluding hydrogens is 408 g/mol. The van der Waals surface area contributed by atoms with Crippen LogP contribution in [0.1, 0.15) is 6.92 Å². The normalized spacial score (nSPS) is 10.9. The minimum atomic E-state index is 0.00903. The molecule has 4 rings (SSSR count). The number of hydrogen-bond acceptors (Lipinski definition) is 5. The van der Waals surface area contributed by atoms with E-state index < -0.39 is 0 Å². The zero-order valence-electron chi connectivity index (χ0n) is 17.8. The Morgan fingerprint density at radius 3 is 2.39 bits per heavy atom. The van der Waals surface area contributed by atoms with Crippen molar-refractivity contribution in [2.45, 2.75) is 18.6 Å². The number of hydrogen-bond donors (Lipinski definition) is 0. The summed E-state index contributed by atoms with van der Waals surface area (Å²) in [6.45, 7) is 2.74. The Kier molecular flexibility index (Phi) is 6.18. The molecule has 0 aliphatic heterocycles. The molecule has 7 nitrogen and oxygen atoms in total. The number of thioether (sulfide) groups is 1. The Morgan fingerprint density at radius 1 is 1.03 bits per heavy atom. The average molecular weight is 433 g/mol. The fraction of sp³-hybridized carbons (Fsp3) is 0.217. The van der Waals surface area contributed by atoms with Crippen LogP contribution in [0.2, 0.25) is 0 Å². The van der Waals surface area contributed by atoms with Crippen LogP contribution in [0.25, 0.3) is 22.6 Å². The van der Waals surface area contributed by atoms with Crippen molar-refractivity contribution in [2.75, 3.05) is 17.7 Å². The van der Waals surface area contributed by atoms with E-state index >= 15 is 0 Å². The number of aryl methyl sites for hydroxylation is 1. The van der Waals surface area contributed by atoms with Crippen LogP contribution < -0.4 is 4.90 Å². The minimum absolute atomic E-state index is 0.00903. The van der Waals surface area contributed by atoms with Crippen molar-refractivity contribution >= 4 is 23.4 Å². The number of benzene rings is 2. The molecule has 0 atom stereocenters. The predicted octanol–water partition coefficient (Wildman–Crippen LogP) is 4.12. The van der Waals surface area contributed by atoms with Gasteiger partial charge in [-0.15, -0.1) is 10.2 Å². The van der Waals surface area contributed by atoms with Crippen LogP contribution in [-0.2, 0) is 18.4 Å². The summed E-state index contributed by atoms with van der Waals surface area (Å²) in [6, 6.07) is 19.7. The highest BCUT2D eigenvalue weighted by Crippen LogP contribution is 2.32. The second kappa shape index (κ2) is 9.18. The molecule has 0 fully saturated rings. The lowest BCUT2D eigenvalue weighted by Gasteiger charge is -2.16. The summed E-state index contributed by atoms with van der Waals surface area (Å²) < 4.78 is 3.82. The number of rotatable bonds is 7. The van der Waals surface area contributed by atoms with E-state index in [0.29, 0.717) is 6.54 Å². The first-order valence-electron chi connectivity index (χ1n) is 10.1. The van der Waals surface area contributed by atoms with E-state index in [1.54, 1.807) is 16.6 Å². The molecule has 158 valence electrons. The third kappa shape index (κ3) is 4.39. The molecule has 0 bridgehead atoms. The van der Waals surface area contributed by atoms with Crippen molar-refractivity contribution < 1.29 is 4.79 Å². The number of aromatic nitrogens is 5. The van der Waals surface area contributed by atoms with Crippen molar-refractivity contribution in [2.24, 2.45) is 7.05 Å². The largest absolute Gasteiger partial charge is 0.315 e. The van der Waals surface area contributed by atoms with Crippen molar-refractivity contribution in [1.29, 1.82) is 0 Å². The van der Waals surface area contributed by atoms with Crippen molar-refractivity contribution in [1.82, 2.24) is 24.5 Å². The average Bonchev–Trinajstić information content (AvgIpc) is 3.40. The molecule has 2 aromatic carbocycles. The molecule has 0 N–H and O–H groups in total. The third-order valence-corrected chi connectivity index (χ3v) is 5.94. The number of carbonyl (C=O) groups is 1. The van der Waals surface area contributed by atoms with Gasteiger partial charge in [0.05, 0.1) is 11.3 Å². The highest BCUT2D eigenvalue weighted by molar-refractivity contribution is 7.99. The van der Waals surface area contributed by atoms with Gasteiger partial charge in [0, 0.05) is 38.1 Å². The van der Waals surface area contributed by atoms with Crippen LogP contribution in [0.5, 0.6) is 0 Å². The molecule has 1 amide bonds. The number of carbonyl (C=O) groups excluding carboxylic acids is 1. The molecule has 0 unspecified atom stereocenters. The van der Waals surface area contributed by atoms with Gasteiger partial charge in [0.25, 0.3) is 0 Å². The maximum atomic E-state index is 12.7. The third-order valence-electron chi connectivity index (χ3n) is 4.99. The van der Waals surface area contributed by atoms with Gasteiger partial charge in [-0.3, -0.25) is 9.48 Å². The molecule has 0 radical (unpaired) electrons. The number of nitrogens with zero attached hydrogens (tertiary/aromatic N) is 6. The molecule has 2 heterocycles. The van der Waals surface area contributed by atoms with Gasteiger partial charge in [0.2, 0.25) is 5.91 Å². The lowest BCUT2D eigenvalue weighted by Crippen LogP contribution is -2.27. The summed E-state index contributed by atoms with van der Waals surface area (Å²) >= 11 is 1.40. The minimum Gasteiger partial charge on any atom is -0.315 e. The zero-order valence-corrected chi connectivity index (χ0v) is 18.6. The molecule has 2 aromatic heterocycles. The molecule has 4 aromatic rings. The van der Waals surface area contributed by atoms with E-state index in [0.717, 1.165) is 33.5 Å². The van der Waals surface area contributed by atoms with Crippen LogP contribution in [-0.4, -0.2) is 43.3 Å². The Hall–Kier alpha value is -3.39. The van der Waals surface area contributed by atoms with Crippen molar-refractivity contribution in [3.8, 4) is 22.6 Å². The number of para-hydroxylation sites is 1. The summed E-state index contributed by atoms with van der Waals surface area (Å²) in [4.78, 5) is 14.3. The van der Waals surface area contributed by atoms with Gasteiger partial charge < -0.3 is 9.47 Å². The number of amides is 1. The zero-order chi connectivity index (χ0) is 21.8. The van der Waals surface area contributed by atoms with E-state index in [1.807, 2.05) is 85.4 Å². The smallest absolute Gasteiger partial charge is 0.237 e. The van der Waals surface area contributed by atoms with E-state index in [9.17, 15) is 4.79 Å². The predicted molar refractivity (Wildman–Crippen MR) is 124 cm³/mol. The molecule has 31 heavy (non-hydrogen) atoms. The Morgan fingerprint density at radius 2 is 1.71 bits per heavy atom. The first kappa shape index (κ1) is 20.9. The quantitative estimate of drug-likeness (QED) is 0.411. The van der Waals surface area contributed by atoms with E-state index in [1.165, 1.54) is 11.8 Å². The lowest BCUT2D eigenvalue weighted by atomic mass is 10.1. The van der Waals surface area contributed by atoms with E-state index in [4.69, 9.17) is 0 Å². The molecule has 8 heteroatoms. The molecule has 0 spiro atoms. The van der Waals surface area contributed by atoms with E-state index in [-0.39, 0.29) is 11.7 Å². The van der Waals surface area contributed by atoms with Gasteiger partial charge >= 0.3 is 0 Å². The van der Waals surface area contributed by atoms with Crippen LogP contribution in [0.4, 0.5) is 5.69 Å². The Bertz CT molecular complexity index is 1170. The molecule has 0 aliphatic carbocycles. The molecular formula is C23H24N6OS. The van der Waals surface area contributed by atoms with Crippen LogP contribution in [0, 0.1) is 0 Å². The van der Waals surface area contributed by atoms with Gasteiger partial charge in [-0.05, 0) is 19.1 Å². The van der Waals surface area contributed by atoms with Gasteiger partial charge in [-0.1, -0.05) is 60.3 Å². The SMILES string of the molecule is CCn1c(SCC(=O)N(C)c2ccccc2)nnc1-c1cn(C)nc1-c1ccccc1. The lowest BCUT2D eigenvalue weighted by molar-refractivity contribution is -0.115. The van der Waals surface area contributed by atoms with Gasteiger partial charge in [-0.2, -0.15) is 5.10 Å². The summed E-state index contributed by atoms with van der Waals surface area (Å²) in [7, 11) is 3.69. The fourth-order valence-electron chi connectivity index (χ4n) is 3.36. The highest BCUT2D eigenvalue weighted by Gasteiger charge is 2.21. The summed E-state index contributed by atoms with van der Waals surface area (Å²) in [5.74, 6) is 1.04. The first-order chi connectivity index (χ1) is 15.1. The first-order valence-corrected chi connectivity index (χ1v) is 11.0. The molecule has 0 aliphatic rings. The van der Waals surface area contributed by atoms with Gasteiger partial charge in [0.1, 0.15) is 5.69 Å². The summed E-state index contributed by atoms with van der Waals surface area (Å²) in [5.41, 5.74) is 3.68. The van der Waals surface area contributed by atoms with Gasteiger partial charge in [-0.25, -0.2) is 0 Å². The van der Waals surface area contributed by atoms with Crippen LogP contribution in [0.3, 0.4) is 0 Å². The Balaban J connectivity index is 1.57. The molecule has 0 saturated carbocycles. The second-order valence-electron chi connectivity index (χ2n) is 7.06. The fourth-order valence-corrected chi connectivity index (χ4v) is 4.28. The number of anilines is 1. The topological polar surface area (TPSA) is 68.8 Å². The summed E-state index contributed by atoms with van der Waals surface area (Å²) in [5, 5.41) is 14.2. The van der Waals surface area contributed by atoms with Crippen molar-refractivity contribution in [3.05, 3.63) is 66.9 Å². The summed E-state index contributed by atoms with van der Waals surface area (Å²) in [6.07, 6.45) is 1.96.